The number of hydrogen-bond donors (Lipinski definition) is 3. The molecule has 4 rings (SSSR count). The van der Waals surface area contributed by atoms with Crippen molar-refractivity contribution in [1.82, 2.24) is 25.2 Å². The lowest BCUT2D eigenvalue weighted by atomic mass is 9.97. The number of urea groups is 1. The summed E-state index contributed by atoms with van der Waals surface area (Å²) < 4.78 is 0. The molecule has 3 heterocycles. The number of carbonyl (C=O) groups is 1. The first-order valence-corrected chi connectivity index (χ1v) is 9.62. The van der Waals surface area contributed by atoms with Crippen LogP contribution in [0.25, 0.3) is 11.0 Å². The van der Waals surface area contributed by atoms with Crippen molar-refractivity contribution < 1.29 is 4.79 Å². The highest BCUT2D eigenvalue weighted by molar-refractivity contribution is 5.89. The van der Waals surface area contributed by atoms with Gasteiger partial charge in [-0.1, -0.05) is 0 Å². The number of anilines is 1. The zero-order valence-electron chi connectivity index (χ0n) is 16.4. The van der Waals surface area contributed by atoms with Crippen molar-refractivity contribution in [3.8, 4) is 6.07 Å². The van der Waals surface area contributed by atoms with E-state index < -0.39 is 0 Å². The summed E-state index contributed by atoms with van der Waals surface area (Å²) in [6, 6.07) is 11.2. The van der Waals surface area contributed by atoms with Crippen LogP contribution in [0.15, 0.2) is 36.5 Å². The normalized spacial score (nSPS) is 19.6. The van der Waals surface area contributed by atoms with Gasteiger partial charge < -0.3 is 15.6 Å². The zero-order valence-corrected chi connectivity index (χ0v) is 16.4. The maximum atomic E-state index is 12.4. The predicted octanol–water partition coefficient (Wildman–Crippen LogP) is 3.10. The number of pyridine rings is 1. The second-order valence-electron chi connectivity index (χ2n) is 7.47. The van der Waals surface area contributed by atoms with E-state index in [1.165, 1.54) is 0 Å². The Kier molecular flexibility index (Phi) is 5.14. The molecule has 1 aromatic carbocycles. The van der Waals surface area contributed by atoms with Crippen molar-refractivity contribution in [3.63, 3.8) is 0 Å². The first kappa shape index (κ1) is 18.9. The Morgan fingerprint density at radius 1 is 1.34 bits per heavy atom. The molecular formula is C21H23N7O. The monoisotopic (exact) mass is 389 g/mol. The fourth-order valence-corrected chi connectivity index (χ4v) is 3.69. The van der Waals surface area contributed by atoms with E-state index in [0.29, 0.717) is 11.3 Å². The minimum atomic E-state index is -0.229. The number of piperidine rings is 1. The van der Waals surface area contributed by atoms with E-state index >= 15 is 0 Å². The minimum Gasteiger partial charge on any atom is -0.341 e. The molecule has 0 radical (unpaired) electrons. The Balaban J connectivity index is 1.44. The maximum Gasteiger partial charge on any atom is 0.319 e. The largest absolute Gasteiger partial charge is 0.341 e. The number of fused-ring (bicyclic) bond motifs is 1. The number of likely N-dealkylation sites (tertiary alicyclic amines) is 1. The van der Waals surface area contributed by atoms with Crippen LogP contribution in [0.1, 0.15) is 36.0 Å². The average molecular weight is 389 g/mol. The minimum absolute atomic E-state index is 0.0393. The quantitative estimate of drug-likeness (QED) is 0.638. The van der Waals surface area contributed by atoms with Crippen molar-refractivity contribution in [2.45, 2.75) is 31.8 Å². The van der Waals surface area contributed by atoms with Crippen LogP contribution in [0.3, 0.4) is 0 Å². The predicted molar refractivity (Wildman–Crippen MR) is 110 cm³/mol. The van der Waals surface area contributed by atoms with Gasteiger partial charge in [-0.2, -0.15) is 5.26 Å². The third kappa shape index (κ3) is 4.20. The summed E-state index contributed by atoms with van der Waals surface area (Å²) in [7, 11) is 2.06. The number of aryl methyl sites for hydroxylation is 1. The van der Waals surface area contributed by atoms with Gasteiger partial charge in [0.25, 0.3) is 0 Å². The van der Waals surface area contributed by atoms with Gasteiger partial charge in [0, 0.05) is 18.3 Å². The number of hydrogen-bond acceptors (Lipinski definition) is 5. The lowest BCUT2D eigenvalue weighted by Gasteiger charge is -2.36. The Labute approximate surface area is 169 Å². The fraction of sp³-hybridized carbons (Fsp3) is 0.333. The molecule has 0 saturated carbocycles. The van der Waals surface area contributed by atoms with Gasteiger partial charge in [0.2, 0.25) is 0 Å². The molecule has 8 heteroatoms. The molecule has 0 spiro atoms. The number of H-pyrrole nitrogens is 1. The smallest absolute Gasteiger partial charge is 0.319 e. The van der Waals surface area contributed by atoms with E-state index in [2.05, 4.69) is 38.6 Å². The van der Waals surface area contributed by atoms with E-state index in [4.69, 9.17) is 10.2 Å². The van der Waals surface area contributed by atoms with Crippen molar-refractivity contribution in [3.05, 3.63) is 53.6 Å². The third-order valence-electron chi connectivity index (χ3n) is 5.32. The number of nitrogens with zero attached hydrogens (tertiary/aromatic N) is 4. The van der Waals surface area contributed by atoms with Crippen LogP contribution in [0.5, 0.6) is 0 Å². The second kappa shape index (κ2) is 7.89. The molecule has 2 atom stereocenters. The Hall–Kier alpha value is -3.44. The number of nitrogens with one attached hydrogen (secondary N) is 3. The SMILES string of the molecule is Cc1ccc(NC(=O)NC2CCN(C)C(c3nc4ccc(C#N)cc4[nH]3)C2)cn1. The van der Waals surface area contributed by atoms with E-state index in [1.54, 1.807) is 12.3 Å². The van der Waals surface area contributed by atoms with E-state index in [9.17, 15) is 4.79 Å². The van der Waals surface area contributed by atoms with Gasteiger partial charge in [-0.25, -0.2) is 9.78 Å². The first-order valence-electron chi connectivity index (χ1n) is 9.62. The molecule has 1 aliphatic rings. The van der Waals surface area contributed by atoms with Crippen molar-refractivity contribution >= 4 is 22.8 Å². The Morgan fingerprint density at radius 2 is 2.21 bits per heavy atom. The molecular weight excluding hydrogens is 366 g/mol. The summed E-state index contributed by atoms with van der Waals surface area (Å²) in [6.45, 7) is 2.75. The summed E-state index contributed by atoms with van der Waals surface area (Å²) in [5, 5.41) is 15.0. The van der Waals surface area contributed by atoms with Gasteiger partial charge in [0.15, 0.2) is 0 Å². The van der Waals surface area contributed by atoms with Gasteiger partial charge in [-0.3, -0.25) is 9.88 Å². The maximum absolute atomic E-state index is 12.4. The third-order valence-corrected chi connectivity index (χ3v) is 5.32. The van der Waals surface area contributed by atoms with Crippen molar-refractivity contribution in [2.75, 3.05) is 18.9 Å². The highest BCUT2D eigenvalue weighted by Gasteiger charge is 2.30. The molecule has 1 fully saturated rings. The number of amides is 2. The van der Waals surface area contributed by atoms with Gasteiger partial charge in [0.05, 0.1) is 40.6 Å². The second-order valence-corrected chi connectivity index (χ2v) is 7.47. The lowest BCUT2D eigenvalue weighted by Crippen LogP contribution is -2.46. The molecule has 8 nitrogen and oxygen atoms in total. The topological polar surface area (TPSA) is 110 Å². The summed E-state index contributed by atoms with van der Waals surface area (Å²) in [5.41, 5.74) is 3.87. The Bertz CT molecular complexity index is 1070. The van der Waals surface area contributed by atoms with Crippen molar-refractivity contribution in [2.24, 2.45) is 0 Å². The highest BCUT2D eigenvalue weighted by atomic mass is 16.2. The number of benzene rings is 1. The van der Waals surface area contributed by atoms with Crippen LogP contribution in [-0.2, 0) is 0 Å². The molecule has 2 amide bonds. The van der Waals surface area contributed by atoms with Crippen LogP contribution in [-0.4, -0.2) is 45.5 Å². The number of aromatic nitrogens is 3. The highest BCUT2D eigenvalue weighted by Crippen LogP contribution is 2.29. The lowest BCUT2D eigenvalue weighted by molar-refractivity contribution is 0.153. The molecule has 148 valence electrons. The molecule has 3 N–H and O–H groups in total. The molecule has 0 bridgehead atoms. The fourth-order valence-electron chi connectivity index (χ4n) is 3.69. The standard InChI is InChI=1S/C21H23N7O/c1-13-3-5-16(12-23-13)25-21(29)24-15-7-8-28(2)19(10-15)20-26-17-6-4-14(11-22)9-18(17)27-20/h3-6,9,12,15,19H,7-8,10H2,1-2H3,(H,26,27)(H2,24,25,29). The van der Waals surface area contributed by atoms with Crippen LogP contribution in [0.4, 0.5) is 10.5 Å². The van der Waals surface area contributed by atoms with Crippen LogP contribution in [0.2, 0.25) is 0 Å². The number of aromatic amines is 1. The Morgan fingerprint density at radius 3 is 2.97 bits per heavy atom. The zero-order chi connectivity index (χ0) is 20.4. The molecule has 2 aromatic heterocycles. The number of imidazole rings is 1. The van der Waals surface area contributed by atoms with Gasteiger partial charge in [-0.05, 0) is 57.1 Å². The van der Waals surface area contributed by atoms with Crippen LogP contribution >= 0.6 is 0 Å². The van der Waals surface area contributed by atoms with E-state index in [0.717, 1.165) is 41.9 Å². The number of carbonyl (C=O) groups excluding carboxylic acids is 1. The molecule has 29 heavy (non-hydrogen) atoms. The van der Waals surface area contributed by atoms with E-state index in [-0.39, 0.29) is 18.1 Å². The first-order chi connectivity index (χ1) is 14.0. The summed E-state index contributed by atoms with van der Waals surface area (Å²) >= 11 is 0. The summed E-state index contributed by atoms with van der Waals surface area (Å²) in [5.74, 6) is 0.854. The molecule has 1 aliphatic heterocycles. The van der Waals surface area contributed by atoms with Crippen LogP contribution in [0, 0.1) is 18.3 Å². The molecule has 2 unspecified atom stereocenters. The summed E-state index contributed by atoms with van der Waals surface area (Å²) in [4.78, 5) is 26.9. The number of rotatable bonds is 3. The average Bonchev–Trinajstić information content (AvgIpc) is 3.14. The van der Waals surface area contributed by atoms with Gasteiger partial charge in [0.1, 0.15) is 5.82 Å². The summed E-state index contributed by atoms with van der Waals surface area (Å²) in [6.07, 6.45) is 3.27. The van der Waals surface area contributed by atoms with Crippen LogP contribution < -0.4 is 10.6 Å². The van der Waals surface area contributed by atoms with Gasteiger partial charge >= 0.3 is 6.03 Å². The van der Waals surface area contributed by atoms with E-state index in [1.807, 2.05) is 31.2 Å². The molecule has 0 aliphatic carbocycles. The van der Waals surface area contributed by atoms with Crippen molar-refractivity contribution in [1.29, 1.82) is 5.26 Å². The molecule has 1 saturated heterocycles. The molecule has 3 aromatic rings. The number of nitriles is 1. The van der Waals surface area contributed by atoms with Gasteiger partial charge in [-0.15, -0.1) is 0 Å².